The summed E-state index contributed by atoms with van der Waals surface area (Å²) in [6.45, 7) is 3.42. The summed E-state index contributed by atoms with van der Waals surface area (Å²) in [5, 5.41) is 0. The maximum atomic E-state index is 11.5. The minimum atomic E-state index is -0.813. The number of hydrogen-bond acceptors (Lipinski definition) is 4. The molecule has 1 fully saturated rings. The highest BCUT2D eigenvalue weighted by atomic mass is 16.5. The van der Waals surface area contributed by atoms with Gasteiger partial charge in [0.15, 0.2) is 0 Å². The van der Waals surface area contributed by atoms with Crippen LogP contribution in [0.4, 0.5) is 0 Å². The summed E-state index contributed by atoms with van der Waals surface area (Å²) in [7, 11) is 0. The van der Waals surface area contributed by atoms with Crippen molar-refractivity contribution < 1.29 is 14.3 Å². The fourth-order valence-corrected chi connectivity index (χ4v) is 1.45. The Morgan fingerprint density at radius 1 is 1.54 bits per heavy atom. The third-order valence-corrected chi connectivity index (χ3v) is 2.29. The van der Waals surface area contributed by atoms with Crippen molar-refractivity contribution in [2.45, 2.75) is 31.7 Å². The van der Waals surface area contributed by atoms with Crippen LogP contribution in [0.1, 0.15) is 26.2 Å². The van der Waals surface area contributed by atoms with Gasteiger partial charge in [0.25, 0.3) is 0 Å². The SMILES string of the molecule is CCOC(=O)C1(N)CCCOCC1. The first-order valence-electron chi connectivity index (χ1n) is 4.73. The highest BCUT2D eigenvalue weighted by Gasteiger charge is 2.35. The van der Waals surface area contributed by atoms with E-state index in [9.17, 15) is 4.79 Å². The Kier molecular flexibility index (Phi) is 3.69. The van der Waals surface area contributed by atoms with Gasteiger partial charge in [0.2, 0.25) is 0 Å². The molecule has 0 spiro atoms. The van der Waals surface area contributed by atoms with Gasteiger partial charge < -0.3 is 15.2 Å². The molecule has 76 valence electrons. The summed E-state index contributed by atoms with van der Waals surface area (Å²) in [4.78, 5) is 11.5. The van der Waals surface area contributed by atoms with Crippen molar-refractivity contribution in [2.24, 2.45) is 5.73 Å². The second-order valence-corrected chi connectivity index (χ2v) is 3.34. The summed E-state index contributed by atoms with van der Waals surface area (Å²) >= 11 is 0. The van der Waals surface area contributed by atoms with Crippen molar-refractivity contribution in [1.29, 1.82) is 0 Å². The Balaban J connectivity index is 2.55. The number of ether oxygens (including phenoxy) is 2. The molecule has 0 aromatic rings. The van der Waals surface area contributed by atoms with E-state index in [1.54, 1.807) is 6.92 Å². The minimum absolute atomic E-state index is 0.291. The lowest BCUT2D eigenvalue weighted by Crippen LogP contribution is -2.49. The molecule has 0 bridgehead atoms. The average Bonchev–Trinajstić information content (AvgIpc) is 2.32. The van der Waals surface area contributed by atoms with Gasteiger partial charge in [-0.15, -0.1) is 0 Å². The summed E-state index contributed by atoms with van der Waals surface area (Å²) in [6, 6.07) is 0. The Morgan fingerprint density at radius 2 is 2.31 bits per heavy atom. The lowest BCUT2D eigenvalue weighted by Gasteiger charge is -2.24. The number of rotatable bonds is 2. The van der Waals surface area contributed by atoms with E-state index >= 15 is 0 Å². The Hall–Kier alpha value is -0.610. The molecular weight excluding hydrogens is 170 g/mol. The number of carbonyl (C=O) groups excluding carboxylic acids is 1. The zero-order chi connectivity index (χ0) is 9.73. The van der Waals surface area contributed by atoms with E-state index in [1.807, 2.05) is 0 Å². The third-order valence-electron chi connectivity index (χ3n) is 2.29. The molecule has 1 unspecified atom stereocenters. The van der Waals surface area contributed by atoms with Gasteiger partial charge in [-0.1, -0.05) is 0 Å². The maximum absolute atomic E-state index is 11.5. The molecule has 0 amide bonds. The second-order valence-electron chi connectivity index (χ2n) is 3.34. The molecule has 1 aliphatic rings. The van der Waals surface area contributed by atoms with Crippen molar-refractivity contribution in [2.75, 3.05) is 19.8 Å². The van der Waals surface area contributed by atoms with Crippen LogP contribution in [0.15, 0.2) is 0 Å². The van der Waals surface area contributed by atoms with Crippen LogP contribution in [-0.2, 0) is 14.3 Å². The van der Waals surface area contributed by atoms with Gasteiger partial charge in [-0.3, -0.25) is 4.79 Å². The van der Waals surface area contributed by atoms with E-state index in [-0.39, 0.29) is 5.97 Å². The number of carbonyl (C=O) groups is 1. The lowest BCUT2D eigenvalue weighted by atomic mass is 9.92. The molecule has 1 atom stereocenters. The molecular formula is C9H17NO3. The molecule has 13 heavy (non-hydrogen) atoms. The minimum Gasteiger partial charge on any atom is -0.465 e. The van der Waals surface area contributed by atoms with Crippen LogP contribution in [0.2, 0.25) is 0 Å². The van der Waals surface area contributed by atoms with Crippen LogP contribution in [0.5, 0.6) is 0 Å². The van der Waals surface area contributed by atoms with Crippen molar-refractivity contribution in [3.05, 3.63) is 0 Å². The molecule has 4 nitrogen and oxygen atoms in total. The van der Waals surface area contributed by atoms with Gasteiger partial charge in [-0.2, -0.15) is 0 Å². The quantitative estimate of drug-likeness (QED) is 0.637. The van der Waals surface area contributed by atoms with Gasteiger partial charge in [0, 0.05) is 13.2 Å². The smallest absolute Gasteiger partial charge is 0.326 e. The van der Waals surface area contributed by atoms with Crippen LogP contribution < -0.4 is 5.73 Å². The standard InChI is InChI=1S/C9H17NO3/c1-2-13-8(11)9(10)4-3-6-12-7-5-9/h2-7,10H2,1H3. The van der Waals surface area contributed by atoms with Crippen molar-refractivity contribution >= 4 is 5.97 Å². The molecule has 0 aromatic carbocycles. The average molecular weight is 187 g/mol. The first-order valence-corrected chi connectivity index (χ1v) is 4.73. The largest absolute Gasteiger partial charge is 0.465 e. The number of esters is 1. The van der Waals surface area contributed by atoms with Gasteiger partial charge in [-0.25, -0.2) is 0 Å². The zero-order valence-electron chi connectivity index (χ0n) is 8.04. The van der Waals surface area contributed by atoms with E-state index in [0.717, 1.165) is 6.42 Å². The molecule has 4 heteroatoms. The van der Waals surface area contributed by atoms with Gasteiger partial charge in [0.1, 0.15) is 5.54 Å². The monoisotopic (exact) mass is 187 g/mol. The predicted molar refractivity (Wildman–Crippen MR) is 48.2 cm³/mol. The Labute approximate surface area is 78.4 Å². The second kappa shape index (κ2) is 4.58. The van der Waals surface area contributed by atoms with Crippen molar-refractivity contribution in [3.8, 4) is 0 Å². The first-order chi connectivity index (χ1) is 6.19. The lowest BCUT2D eigenvalue weighted by molar-refractivity contribution is -0.150. The van der Waals surface area contributed by atoms with E-state index in [2.05, 4.69) is 0 Å². The predicted octanol–water partition coefficient (Wildman–Crippen LogP) is 0.447. The van der Waals surface area contributed by atoms with E-state index < -0.39 is 5.54 Å². The van der Waals surface area contributed by atoms with E-state index in [0.29, 0.717) is 32.7 Å². The fraction of sp³-hybridized carbons (Fsp3) is 0.889. The van der Waals surface area contributed by atoms with Crippen molar-refractivity contribution in [1.82, 2.24) is 0 Å². The normalized spacial score (nSPS) is 29.4. The molecule has 0 radical (unpaired) electrons. The Bertz CT molecular complexity index is 174. The summed E-state index contributed by atoms with van der Waals surface area (Å²) in [6.07, 6.45) is 2.05. The molecule has 0 aromatic heterocycles. The molecule has 1 rings (SSSR count). The molecule has 1 saturated heterocycles. The van der Waals surface area contributed by atoms with Crippen LogP contribution in [0.3, 0.4) is 0 Å². The number of hydrogen-bond donors (Lipinski definition) is 1. The summed E-state index contributed by atoms with van der Waals surface area (Å²) in [5.74, 6) is -0.291. The van der Waals surface area contributed by atoms with E-state index in [4.69, 9.17) is 15.2 Å². The first kappa shape index (κ1) is 10.5. The summed E-state index contributed by atoms with van der Waals surface area (Å²) < 4.78 is 10.2. The zero-order valence-corrected chi connectivity index (χ0v) is 8.04. The van der Waals surface area contributed by atoms with E-state index in [1.165, 1.54) is 0 Å². The Morgan fingerprint density at radius 3 is 3.00 bits per heavy atom. The fourth-order valence-electron chi connectivity index (χ4n) is 1.45. The van der Waals surface area contributed by atoms with Crippen LogP contribution in [0, 0.1) is 0 Å². The van der Waals surface area contributed by atoms with Crippen LogP contribution >= 0.6 is 0 Å². The molecule has 0 saturated carbocycles. The van der Waals surface area contributed by atoms with Crippen molar-refractivity contribution in [3.63, 3.8) is 0 Å². The topological polar surface area (TPSA) is 61.5 Å². The maximum Gasteiger partial charge on any atom is 0.326 e. The van der Waals surface area contributed by atoms with Crippen LogP contribution in [-0.4, -0.2) is 31.3 Å². The summed E-state index contributed by atoms with van der Waals surface area (Å²) in [5.41, 5.74) is 5.12. The highest BCUT2D eigenvalue weighted by Crippen LogP contribution is 2.19. The van der Waals surface area contributed by atoms with Gasteiger partial charge >= 0.3 is 5.97 Å². The molecule has 1 heterocycles. The molecule has 1 aliphatic heterocycles. The van der Waals surface area contributed by atoms with Crippen LogP contribution in [0.25, 0.3) is 0 Å². The third kappa shape index (κ3) is 2.67. The van der Waals surface area contributed by atoms with Gasteiger partial charge in [-0.05, 0) is 26.2 Å². The highest BCUT2D eigenvalue weighted by molar-refractivity contribution is 5.80. The molecule has 0 aliphatic carbocycles. The van der Waals surface area contributed by atoms with Gasteiger partial charge in [0.05, 0.1) is 6.61 Å². The molecule has 2 N–H and O–H groups in total. The number of nitrogens with two attached hydrogens (primary N) is 1.